The van der Waals surface area contributed by atoms with Gasteiger partial charge < -0.3 is 14.7 Å². The molecule has 0 N–H and O–H groups in total. The molecule has 5 rings (SSSR count). The van der Waals surface area contributed by atoms with Gasteiger partial charge in [-0.3, -0.25) is 14.2 Å². The van der Waals surface area contributed by atoms with Gasteiger partial charge in [0.05, 0.1) is 5.92 Å². The highest BCUT2D eigenvalue weighted by molar-refractivity contribution is 6.00. The van der Waals surface area contributed by atoms with Gasteiger partial charge in [-0.2, -0.15) is 0 Å². The van der Waals surface area contributed by atoms with Crippen LogP contribution in [0.15, 0.2) is 49.1 Å². The molecule has 1 aromatic carbocycles. The first-order valence-electron chi connectivity index (χ1n) is 10.9. The van der Waals surface area contributed by atoms with Crippen molar-refractivity contribution in [3.63, 3.8) is 0 Å². The predicted octanol–water partition coefficient (Wildman–Crippen LogP) is 1.81. The molecule has 2 aliphatic rings. The summed E-state index contributed by atoms with van der Waals surface area (Å²) in [6.45, 7) is 4.59. The van der Waals surface area contributed by atoms with Crippen molar-refractivity contribution < 1.29 is 14.0 Å². The van der Waals surface area contributed by atoms with Crippen molar-refractivity contribution in [2.75, 3.05) is 42.5 Å². The number of rotatable bonds is 4. The fourth-order valence-corrected chi connectivity index (χ4v) is 4.38. The minimum Gasteiger partial charge on any atom is -0.353 e. The summed E-state index contributed by atoms with van der Waals surface area (Å²) in [6, 6.07) is 7.71. The van der Waals surface area contributed by atoms with Gasteiger partial charge in [-0.15, -0.1) is 0 Å². The van der Waals surface area contributed by atoms with Crippen molar-refractivity contribution in [2.45, 2.75) is 13.3 Å². The highest BCUT2D eigenvalue weighted by Crippen LogP contribution is 2.27. The minimum absolute atomic E-state index is 0.00872. The Hall–Kier alpha value is -3.82. The van der Waals surface area contributed by atoms with Crippen LogP contribution < -0.4 is 9.80 Å². The van der Waals surface area contributed by atoms with Gasteiger partial charge in [0.1, 0.15) is 29.6 Å². The number of anilines is 2. The van der Waals surface area contributed by atoms with Crippen LogP contribution in [0.4, 0.5) is 15.9 Å². The minimum atomic E-state index is -0.386. The van der Waals surface area contributed by atoms with Crippen LogP contribution in [0.3, 0.4) is 0 Å². The monoisotopic (exact) mass is 449 g/mol. The molecule has 2 fully saturated rings. The zero-order chi connectivity index (χ0) is 22.9. The van der Waals surface area contributed by atoms with E-state index in [1.54, 1.807) is 29.6 Å². The standard InChI is InChI=1S/C23H24FN7O2/c1-16-26-20(13-21(27-16)30-7-6-25-15-30)28-8-10-29(11-9-28)23(33)17-12-22(32)31(14-17)19-4-2-18(24)3-5-19/h2-7,13,15,17H,8-12,14H2,1H3. The number of benzene rings is 1. The maximum absolute atomic E-state index is 13.2. The lowest BCUT2D eigenvalue weighted by Gasteiger charge is -2.36. The molecular formula is C23H24FN7O2. The van der Waals surface area contributed by atoms with Crippen LogP contribution in [0, 0.1) is 18.7 Å². The van der Waals surface area contributed by atoms with Crippen LogP contribution >= 0.6 is 0 Å². The number of aryl methyl sites for hydroxylation is 1. The Bertz CT molecular complexity index is 1160. The molecule has 2 saturated heterocycles. The number of hydrogen-bond acceptors (Lipinski definition) is 6. The molecule has 1 atom stereocenters. The smallest absolute Gasteiger partial charge is 0.228 e. The van der Waals surface area contributed by atoms with Crippen LogP contribution in [0.5, 0.6) is 0 Å². The van der Waals surface area contributed by atoms with E-state index in [-0.39, 0.29) is 30.0 Å². The number of hydrogen-bond donors (Lipinski definition) is 0. The summed E-state index contributed by atoms with van der Waals surface area (Å²) in [4.78, 5) is 44.3. The van der Waals surface area contributed by atoms with Crippen LogP contribution in [-0.2, 0) is 9.59 Å². The largest absolute Gasteiger partial charge is 0.353 e. The van der Waals surface area contributed by atoms with Gasteiger partial charge in [0.2, 0.25) is 11.8 Å². The number of piperazine rings is 1. The van der Waals surface area contributed by atoms with Gasteiger partial charge in [0.25, 0.3) is 0 Å². The second-order valence-corrected chi connectivity index (χ2v) is 8.30. The third-order valence-corrected chi connectivity index (χ3v) is 6.11. The molecule has 170 valence electrons. The Morgan fingerprint density at radius 2 is 1.79 bits per heavy atom. The maximum Gasteiger partial charge on any atom is 0.228 e. The number of amides is 2. The molecule has 10 heteroatoms. The van der Waals surface area contributed by atoms with E-state index in [9.17, 15) is 14.0 Å². The van der Waals surface area contributed by atoms with E-state index < -0.39 is 0 Å². The molecule has 0 radical (unpaired) electrons. The second-order valence-electron chi connectivity index (χ2n) is 8.30. The van der Waals surface area contributed by atoms with Crippen molar-refractivity contribution in [3.8, 4) is 5.82 Å². The summed E-state index contributed by atoms with van der Waals surface area (Å²) >= 11 is 0. The van der Waals surface area contributed by atoms with E-state index in [0.717, 1.165) is 11.6 Å². The summed E-state index contributed by atoms with van der Waals surface area (Å²) in [5.74, 6) is 1.37. The van der Waals surface area contributed by atoms with Crippen molar-refractivity contribution in [2.24, 2.45) is 5.92 Å². The normalized spacial score (nSPS) is 18.8. The number of aromatic nitrogens is 4. The molecule has 33 heavy (non-hydrogen) atoms. The number of imidazole rings is 1. The van der Waals surface area contributed by atoms with Gasteiger partial charge in [-0.05, 0) is 31.2 Å². The maximum atomic E-state index is 13.2. The Morgan fingerprint density at radius 1 is 1.06 bits per heavy atom. The topological polar surface area (TPSA) is 87.5 Å². The molecular weight excluding hydrogens is 425 g/mol. The van der Waals surface area contributed by atoms with Crippen molar-refractivity contribution in [3.05, 3.63) is 60.7 Å². The fourth-order valence-electron chi connectivity index (χ4n) is 4.38. The molecule has 3 aromatic rings. The molecule has 4 heterocycles. The first-order chi connectivity index (χ1) is 16.0. The number of carbonyl (C=O) groups excluding carboxylic acids is 2. The SMILES string of the molecule is Cc1nc(N2CCN(C(=O)C3CC(=O)N(c4ccc(F)cc4)C3)CC2)cc(-n2ccnc2)n1. The Morgan fingerprint density at radius 3 is 2.48 bits per heavy atom. The van der Waals surface area contributed by atoms with Gasteiger partial charge in [-0.25, -0.2) is 19.3 Å². The third-order valence-electron chi connectivity index (χ3n) is 6.11. The summed E-state index contributed by atoms with van der Waals surface area (Å²) < 4.78 is 15.0. The van der Waals surface area contributed by atoms with Crippen LogP contribution in [0.1, 0.15) is 12.2 Å². The molecule has 0 aliphatic carbocycles. The van der Waals surface area contributed by atoms with Crippen LogP contribution in [0.2, 0.25) is 0 Å². The third kappa shape index (κ3) is 4.28. The van der Waals surface area contributed by atoms with Gasteiger partial charge in [0.15, 0.2) is 0 Å². The van der Waals surface area contributed by atoms with Crippen molar-refractivity contribution in [1.29, 1.82) is 0 Å². The molecule has 0 bridgehead atoms. The van der Waals surface area contributed by atoms with Crippen LogP contribution in [0.25, 0.3) is 5.82 Å². The molecule has 0 saturated carbocycles. The molecule has 1 unspecified atom stereocenters. The van der Waals surface area contributed by atoms with Crippen LogP contribution in [-0.4, -0.2) is 69.0 Å². The van der Waals surface area contributed by atoms with Gasteiger partial charge >= 0.3 is 0 Å². The summed E-state index contributed by atoms with van der Waals surface area (Å²) in [7, 11) is 0. The first kappa shape index (κ1) is 21.0. The van der Waals surface area contributed by atoms with E-state index in [4.69, 9.17) is 0 Å². The average Bonchev–Trinajstić information content (AvgIpc) is 3.49. The fraction of sp³-hybridized carbons (Fsp3) is 0.348. The van der Waals surface area contributed by atoms with E-state index in [0.29, 0.717) is 44.2 Å². The predicted molar refractivity (Wildman–Crippen MR) is 120 cm³/mol. The zero-order valence-electron chi connectivity index (χ0n) is 18.3. The van der Waals surface area contributed by atoms with Gasteiger partial charge in [-0.1, -0.05) is 0 Å². The molecule has 2 aromatic heterocycles. The van der Waals surface area contributed by atoms with E-state index in [1.807, 2.05) is 28.7 Å². The number of halogens is 1. The molecule has 2 aliphatic heterocycles. The average molecular weight is 449 g/mol. The van der Waals surface area contributed by atoms with Crippen molar-refractivity contribution in [1.82, 2.24) is 24.4 Å². The van der Waals surface area contributed by atoms with Crippen molar-refractivity contribution >= 4 is 23.3 Å². The lowest BCUT2D eigenvalue weighted by atomic mass is 10.1. The highest BCUT2D eigenvalue weighted by Gasteiger charge is 2.38. The summed E-state index contributed by atoms with van der Waals surface area (Å²) in [5.41, 5.74) is 0.620. The number of nitrogens with zero attached hydrogens (tertiary/aromatic N) is 7. The van der Waals surface area contributed by atoms with E-state index in [1.165, 1.54) is 12.1 Å². The lowest BCUT2D eigenvalue weighted by Crippen LogP contribution is -2.51. The Kier molecular flexibility index (Phi) is 5.49. The zero-order valence-corrected chi connectivity index (χ0v) is 18.3. The summed E-state index contributed by atoms with van der Waals surface area (Å²) in [6.07, 6.45) is 5.41. The van der Waals surface area contributed by atoms with E-state index in [2.05, 4.69) is 19.9 Å². The quantitative estimate of drug-likeness (QED) is 0.604. The Labute approximate surface area is 190 Å². The summed E-state index contributed by atoms with van der Waals surface area (Å²) in [5, 5.41) is 0. The number of carbonyl (C=O) groups is 2. The molecule has 9 nitrogen and oxygen atoms in total. The molecule has 0 spiro atoms. The van der Waals surface area contributed by atoms with Gasteiger partial charge in [0, 0.05) is 63.3 Å². The molecule has 2 amide bonds. The first-order valence-corrected chi connectivity index (χ1v) is 10.9. The second kappa shape index (κ2) is 8.61. The Balaban J connectivity index is 1.22. The van der Waals surface area contributed by atoms with E-state index >= 15 is 0 Å². The lowest BCUT2D eigenvalue weighted by molar-refractivity contribution is -0.136. The highest BCUT2D eigenvalue weighted by atomic mass is 19.1.